The predicted molar refractivity (Wildman–Crippen MR) is 89.6 cm³/mol. The lowest BCUT2D eigenvalue weighted by Gasteiger charge is -2.02. The van der Waals surface area contributed by atoms with E-state index in [4.69, 9.17) is 0 Å². The summed E-state index contributed by atoms with van der Waals surface area (Å²) in [4.78, 5) is 16.6. The number of anilines is 1. The highest BCUT2D eigenvalue weighted by Gasteiger charge is 2.10. The number of thiazole rings is 1. The summed E-state index contributed by atoms with van der Waals surface area (Å²) in [6, 6.07) is 17.1. The van der Waals surface area contributed by atoms with E-state index >= 15 is 0 Å². The first-order valence-corrected chi connectivity index (χ1v) is 7.97. The van der Waals surface area contributed by atoms with Crippen LogP contribution in [0.2, 0.25) is 0 Å². The topological polar surface area (TPSA) is 42.0 Å². The largest absolute Gasteiger partial charge is 0.298 e. The molecule has 0 spiro atoms. The van der Waals surface area contributed by atoms with Gasteiger partial charge in [-0.2, -0.15) is 0 Å². The molecule has 21 heavy (non-hydrogen) atoms. The van der Waals surface area contributed by atoms with Crippen LogP contribution in [0.3, 0.4) is 0 Å². The zero-order valence-electron chi connectivity index (χ0n) is 10.9. The van der Waals surface area contributed by atoms with Crippen molar-refractivity contribution in [3.05, 3.63) is 70.0 Å². The van der Waals surface area contributed by atoms with Crippen molar-refractivity contribution < 1.29 is 4.79 Å². The Morgan fingerprint density at radius 1 is 1.10 bits per heavy atom. The van der Waals surface area contributed by atoms with Crippen LogP contribution in [0.25, 0.3) is 11.3 Å². The van der Waals surface area contributed by atoms with Gasteiger partial charge in [0.1, 0.15) is 0 Å². The molecule has 0 bridgehead atoms. The maximum atomic E-state index is 12.1. The molecular weight excluding hydrogens is 348 g/mol. The minimum Gasteiger partial charge on any atom is -0.298 e. The van der Waals surface area contributed by atoms with E-state index in [1.807, 2.05) is 47.8 Å². The van der Waals surface area contributed by atoms with Crippen molar-refractivity contribution >= 4 is 38.3 Å². The highest BCUT2D eigenvalue weighted by molar-refractivity contribution is 9.10. The minimum absolute atomic E-state index is 0.162. The molecule has 0 unspecified atom stereocenters. The van der Waals surface area contributed by atoms with Gasteiger partial charge in [-0.25, -0.2) is 4.98 Å². The predicted octanol–water partition coefficient (Wildman–Crippen LogP) is 4.82. The number of nitrogens with one attached hydrogen (secondary N) is 1. The van der Waals surface area contributed by atoms with Crippen molar-refractivity contribution in [2.75, 3.05) is 5.32 Å². The Labute approximate surface area is 134 Å². The molecule has 0 radical (unpaired) electrons. The molecule has 0 aliphatic rings. The normalized spacial score (nSPS) is 10.3. The number of carbonyl (C=O) groups is 1. The number of carbonyl (C=O) groups excluding carboxylic acids is 1. The van der Waals surface area contributed by atoms with Crippen LogP contribution in [0, 0.1) is 0 Å². The third-order valence-corrected chi connectivity index (χ3v) is 4.13. The molecule has 0 atom stereocenters. The van der Waals surface area contributed by atoms with Gasteiger partial charge in [0.05, 0.1) is 5.69 Å². The summed E-state index contributed by atoms with van der Waals surface area (Å²) in [6.45, 7) is 0. The number of amides is 1. The fourth-order valence-corrected chi connectivity index (χ4v) is 2.99. The molecule has 3 nitrogen and oxygen atoms in total. The molecule has 1 heterocycles. The van der Waals surface area contributed by atoms with Crippen molar-refractivity contribution in [2.24, 2.45) is 0 Å². The quantitative estimate of drug-likeness (QED) is 0.728. The van der Waals surface area contributed by atoms with Crippen molar-refractivity contribution in [3.63, 3.8) is 0 Å². The Kier molecular flexibility index (Phi) is 4.13. The van der Waals surface area contributed by atoms with Gasteiger partial charge in [0.25, 0.3) is 5.91 Å². The molecule has 0 fully saturated rings. The Balaban J connectivity index is 1.77. The summed E-state index contributed by atoms with van der Waals surface area (Å²) in [5.41, 5.74) is 2.50. The Bertz CT molecular complexity index is 771. The van der Waals surface area contributed by atoms with Gasteiger partial charge in [-0.1, -0.05) is 52.3 Å². The average Bonchev–Trinajstić information content (AvgIpc) is 2.97. The Morgan fingerprint density at radius 3 is 2.67 bits per heavy atom. The van der Waals surface area contributed by atoms with Crippen LogP contribution in [0.4, 0.5) is 5.13 Å². The number of aromatic nitrogens is 1. The second-order valence-electron chi connectivity index (χ2n) is 4.37. The molecule has 1 amide bonds. The third kappa shape index (κ3) is 3.37. The maximum Gasteiger partial charge on any atom is 0.257 e. The van der Waals surface area contributed by atoms with E-state index in [0.29, 0.717) is 10.7 Å². The van der Waals surface area contributed by atoms with Gasteiger partial charge in [-0.05, 0) is 18.2 Å². The van der Waals surface area contributed by atoms with Crippen LogP contribution >= 0.6 is 27.3 Å². The summed E-state index contributed by atoms with van der Waals surface area (Å²) in [6.07, 6.45) is 0. The second kappa shape index (κ2) is 6.20. The maximum absolute atomic E-state index is 12.1. The lowest BCUT2D eigenvalue weighted by atomic mass is 10.2. The monoisotopic (exact) mass is 358 g/mol. The molecule has 1 N–H and O–H groups in total. The van der Waals surface area contributed by atoms with Gasteiger partial charge in [0.2, 0.25) is 0 Å². The van der Waals surface area contributed by atoms with Crippen LogP contribution in [-0.4, -0.2) is 10.9 Å². The van der Waals surface area contributed by atoms with Crippen molar-refractivity contribution in [3.8, 4) is 11.3 Å². The fourth-order valence-electron chi connectivity index (χ4n) is 1.87. The van der Waals surface area contributed by atoms with Crippen molar-refractivity contribution in [1.29, 1.82) is 0 Å². The van der Waals surface area contributed by atoms with Crippen LogP contribution in [0.1, 0.15) is 10.4 Å². The first kappa shape index (κ1) is 14.0. The summed E-state index contributed by atoms with van der Waals surface area (Å²) < 4.78 is 0.874. The fraction of sp³-hybridized carbons (Fsp3) is 0. The molecule has 0 aliphatic carbocycles. The van der Waals surface area contributed by atoms with Crippen LogP contribution in [0.15, 0.2) is 64.5 Å². The average molecular weight is 359 g/mol. The Hall–Kier alpha value is -1.98. The van der Waals surface area contributed by atoms with Gasteiger partial charge in [-0.3, -0.25) is 10.1 Å². The molecule has 0 aliphatic heterocycles. The summed E-state index contributed by atoms with van der Waals surface area (Å²) in [5, 5.41) is 5.36. The SMILES string of the molecule is O=C(Nc1nc(-c2ccccc2)cs1)c1cccc(Br)c1. The summed E-state index contributed by atoms with van der Waals surface area (Å²) in [5.74, 6) is -0.162. The van der Waals surface area contributed by atoms with Gasteiger partial charge in [0, 0.05) is 21.0 Å². The second-order valence-corrected chi connectivity index (χ2v) is 6.14. The highest BCUT2D eigenvalue weighted by Crippen LogP contribution is 2.25. The van der Waals surface area contributed by atoms with E-state index in [-0.39, 0.29) is 5.91 Å². The molecule has 0 saturated carbocycles. The van der Waals surface area contributed by atoms with E-state index in [9.17, 15) is 4.79 Å². The molecule has 3 aromatic rings. The molecule has 5 heteroatoms. The number of halogens is 1. The number of hydrogen-bond acceptors (Lipinski definition) is 3. The lowest BCUT2D eigenvalue weighted by molar-refractivity contribution is 0.102. The molecular formula is C16H11BrN2OS. The zero-order valence-corrected chi connectivity index (χ0v) is 13.3. The minimum atomic E-state index is -0.162. The van der Waals surface area contributed by atoms with Crippen LogP contribution < -0.4 is 5.32 Å². The number of nitrogens with zero attached hydrogens (tertiary/aromatic N) is 1. The smallest absolute Gasteiger partial charge is 0.257 e. The number of rotatable bonds is 3. The van der Waals surface area contributed by atoms with Gasteiger partial charge in [-0.15, -0.1) is 11.3 Å². The number of benzene rings is 2. The lowest BCUT2D eigenvalue weighted by Crippen LogP contribution is -2.11. The highest BCUT2D eigenvalue weighted by atomic mass is 79.9. The van der Waals surface area contributed by atoms with Crippen LogP contribution in [-0.2, 0) is 0 Å². The van der Waals surface area contributed by atoms with E-state index in [0.717, 1.165) is 15.7 Å². The van der Waals surface area contributed by atoms with Crippen molar-refractivity contribution in [2.45, 2.75) is 0 Å². The van der Waals surface area contributed by atoms with E-state index in [1.54, 1.807) is 12.1 Å². The van der Waals surface area contributed by atoms with Crippen molar-refractivity contribution in [1.82, 2.24) is 4.98 Å². The summed E-state index contributed by atoms with van der Waals surface area (Å²) >= 11 is 4.77. The Morgan fingerprint density at radius 2 is 1.90 bits per heavy atom. The molecule has 0 saturated heterocycles. The standard InChI is InChI=1S/C16H11BrN2OS/c17-13-8-4-7-12(9-13)15(20)19-16-18-14(10-21-16)11-5-2-1-3-6-11/h1-10H,(H,18,19,20). The zero-order chi connectivity index (χ0) is 14.7. The first-order chi connectivity index (χ1) is 10.2. The number of hydrogen-bond donors (Lipinski definition) is 1. The third-order valence-electron chi connectivity index (χ3n) is 2.88. The van der Waals surface area contributed by atoms with Gasteiger partial charge < -0.3 is 0 Å². The summed E-state index contributed by atoms with van der Waals surface area (Å²) in [7, 11) is 0. The van der Waals surface area contributed by atoms with E-state index in [1.165, 1.54) is 11.3 Å². The van der Waals surface area contributed by atoms with Gasteiger partial charge >= 0.3 is 0 Å². The molecule has 1 aromatic heterocycles. The van der Waals surface area contributed by atoms with E-state index < -0.39 is 0 Å². The molecule has 104 valence electrons. The van der Waals surface area contributed by atoms with E-state index in [2.05, 4.69) is 26.2 Å². The first-order valence-electron chi connectivity index (χ1n) is 6.30. The van der Waals surface area contributed by atoms with Crippen LogP contribution in [0.5, 0.6) is 0 Å². The molecule has 2 aromatic carbocycles. The molecule has 3 rings (SSSR count). The van der Waals surface area contributed by atoms with Gasteiger partial charge in [0.15, 0.2) is 5.13 Å².